The summed E-state index contributed by atoms with van der Waals surface area (Å²) in [5.41, 5.74) is 5.23. The van der Waals surface area contributed by atoms with Crippen molar-refractivity contribution in [1.29, 1.82) is 0 Å². The van der Waals surface area contributed by atoms with Crippen molar-refractivity contribution in [1.82, 2.24) is 0 Å². The molecule has 3 rings (SSSR count). The number of carbonyl (C=O) groups is 1. The van der Waals surface area contributed by atoms with Crippen molar-refractivity contribution in [2.45, 2.75) is 27.2 Å². The quantitative estimate of drug-likeness (QED) is 0.608. The van der Waals surface area contributed by atoms with Crippen LogP contribution in [0.1, 0.15) is 33.5 Å². The summed E-state index contributed by atoms with van der Waals surface area (Å²) in [4.78, 5) is 19.7. The van der Waals surface area contributed by atoms with Crippen LogP contribution in [0.2, 0.25) is 0 Å². The molecule has 0 saturated carbocycles. The second-order valence-corrected chi connectivity index (χ2v) is 7.60. The van der Waals surface area contributed by atoms with Crippen molar-refractivity contribution in [3.63, 3.8) is 0 Å². The summed E-state index contributed by atoms with van der Waals surface area (Å²) in [6, 6.07) is 14.3. The first kappa shape index (κ1) is 20.7. The van der Waals surface area contributed by atoms with Crippen LogP contribution in [0.3, 0.4) is 0 Å². The zero-order valence-corrected chi connectivity index (χ0v) is 18.0. The molecular formula is C21H25BrN2OS. The van der Waals surface area contributed by atoms with Gasteiger partial charge < -0.3 is 4.90 Å². The van der Waals surface area contributed by atoms with Crippen LogP contribution in [0.4, 0.5) is 5.69 Å². The fourth-order valence-electron chi connectivity index (χ4n) is 3.03. The first-order chi connectivity index (χ1) is 12.0. The van der Waals surface area contributed by atoms with Gasteiger partial charge in [0.25, 0.3) is 0 Å². The summed E-state index contributed by atoms with van der Waals surface area (Å²) in [7, 11) is 0. The van der Waals surface area contributed by atoms with Crippen molar-refractivity contribution >= 4 is 45.4 Å². The molecule has 0 N–H and O–H groups in total. The van der Waals surface area contributed by atoms with Crippen molar-refractivity contribution < 1.29 is 4.79 Å². The number of hydrogen-bond donors (Lipinski definition) is 0. The molecule has 2 aromatic rings. The number of thioether (sulfide) groups is 1. The smallest absolute Gasteiger partial charge is 0.182 e. The van der Waals surface area contributed by atoms with Crippen LogP contribution in [0.15, 0.2) is 47.5 Å². The standard InChI is InChI=1S/C21H24N2OS.BrH/c1-15-6-4-7-18(13-15)23(21-22-10-5-11-25-21)14-20(24)19-9-8-16(2)12-17(19)3;/h4,6-9,12-13H,5,10-11,14H2,1-3H3;1H. The van der Waals surface area contributed by atoms with Crippen LogP contribution in [0, 0.1) is 20.8 Å². The summed E-state index contributed by atoms with van der Waals surface area (Å²) in [5.74, 6) is 1.19. The fraction of sp³-hybridized carbons (Fsp3) is 0.333. The second kappa shape index (κ2) is 9.38. The van der Waals surface area contributed by atoms with Gasteiger partial charge in [0.1, 0.15) is 0 Å². The third-order valence-corrected chi connectivity index (χ3v) is 5.41. The Kier molecular flexibility index (Phi) is 7.47. The van der Waals surface area contributed by atoms with Crippen LogP contribution < -0.4 is 4.90 Å². The number of aryl methyl sites for hydroxylation is 3. The average Bonchev–Trinajstić information content (AvgIpc) is 2.60. The molecule has 138 valence electrons. The van der Waals surface area contributed by atoms with Crippen LogP contribution >= 0.6 is 28.7 Å². The minimum atomic E-state index is 0. The molecule has 1 heterocycles. The molecule has 0 radical (unpaired) electrons. The molecule has 0 unspecified atom stereocenters. The third kappa shape index (κ3) is 4.98. The number of amidine groups is 1. The second-order valence-electron chi connectivity index (χ2n) is 6.53. The number of hydrogen-bond acceptors (Lipinski definition) is 4. The fourth-order valence-corrected chi connectivity index (χ4v) is 4.00. The molecule has 0 fully saturated rings. The van der Waals surface area contributed by atoms with Gasteiger partial charge in [0.2, 0.25) is 0 Å². The lowest BCUT2D eigenvalue weighted by molar-refractivity contribution is 0.100. The van der Waals surface area contributed by atoms with Gasteiger partial charge in [0, 0.05) is 23.5 Å². The SMILES string of the molecule is Br.Cc1cccc(N(CC(=O)c2ccc(C)cc2C)C2=NCCCS2)c1. The molecule has 0 amide bonds. The molecule has 0 bridgehead atoms. The van der Waals surface area contributed by atoms with Gasteiger partial charge in [-0.25, -0.2) is 0 Å². The lowest BCUT2D eigenvalue weighted by Crippen LogP contribution is -2.35. The molecule has 26 heavy (non-hydrogen) atoms. The molecular weight excluding hydrogens is 408 g/mol. The number of anilines is 1. The number of ketones is 1. The van der Waals surface area contributed by atoms with Crippen molar-refractivity contribution in [2.75, 3.05) is 23.7 Å². The molecule has 1 aliphatic rings. The number of halogens is 1. The normalized spacial score (nSPS) is 13.6. The van der Waals surface area contributed by atoms with Crippen molar-refractivity contribution in [3.05, 3.63) is 64.7 Å². The number of rotatable bonds is 4. The number of carbonyl (C=O) groups excluding carboxylic acids is 1. The maximum atomic E-state index is 13.0. The van der Waals surface area contributed by atoms with Crippen molar-refractivity contribution in [3.8, 4) is 0 Å². The van der Waals surface area contributed by atoms with Gasteiger partial charge >= 0.3 is 0 Å². The Bertz CT molecular complexity index is 819. The molecule has 0 saturated heterocycles. The molecule has 1 aliphatic heterocycles. The largest absolute Gasteiger partial charge is 0.313 e. The van der Waals surface area contributed by atoms with E-state index in [1.54, 1.807) is 11.8 Å². The first-order valence-electron chi connectivity index (χ1n) is 8.66. The van der Waals surface area contributed by atoms with Gasteiger partial charge in [-0.1, -0.05) is 47.7 Å². The molecule has 2 aromatic carbocycles. The Balaban J connectivity index is 0.00000243. The number of Topliss-reactive ketones (excluding diaryl/α,β-unsaturated/α-hetero) is 1. The van der Waals surface area contributed by atoms with E-state index in [1.807, 2.05) is 32.0 Å². The highest BCUT2D eigenvalue weighted by atomic mass is 79.9. The van der Waals surface area contributed by atoms with E-state index in [4.69, 9.17) is 0 Å². The van der Waals surface area contributed by atoms with Crippen LogP contribution in [0.5, 0.6) is 0 Å². The van der Waals surface area contributed by atoms with Gasteiger partial charge in [-0.2, -0.15) is 0 Å². The summed E-state index contributed by atoms with van der Waals surface area (Å²) in [6.45, 7) is 7.28. The van der Waals surface area contributed by atoms with Gasteiger partial charge in [-0.15, -0.1) is 17.0 Å². The summed E-state index contributed by atoms with van der Waals surface area (Å²) in [6.07, 6.45) is 1.10. The third-order valence-electron chi connectivity index (χ3n) is 4.31. The lowest BCUT2D eigenvalue weighted by atomic mass is 10.0. The van der Waals surface area contributed by atoms with Gasteiger partial charge in [0.15, 0.2) is 11.0 Å². The highest BCUT2D eigenvalue weighted by Gasteiger charge is 2.21. The van der Waals surface area contributed by atoms with Gasteiger partial charge in [-0.3, -0.25) is 9.79 Å². The average molecular weight is 433 g/mol. The molecule has 0 aliphatic carbocycles. The van der Waals surface area contributed by atoms with E-state index in [9.17, 15) is 4.79 Å². The van der Waals surface area contributed by atoms with E-state index >= 15 is 0 Å². The predicted octanol–water partition coefficient (Wildman–Crippen LogP) is 5.37. The van der Waals surface area contributed by atoms with Crippen molar-refractivity contribution in [2.24, 2.45) is 4.99 Å². The van der Waals surface area contributed by atoms with Gasteiger partial charge in [0.05, 0.1) is 6.54 Å². The predicted molar refractivity (Wildman–Crippen MR) is 118 cm³/mol. The molecule has 0 aromatic heterocycles. The van der Waals surface area contributed by atoms with Crippen LogP contribution in [-0.2, 0) is 0 Å². The Labute approximate surface area is 170 Å². The monoisotopic (exact) mass is 432 g/mol. The van der Waals surface area contributed by atoms with E-state index < -0.39 is 0 Å². The Morgan fingerprint density at radius 3 is 2.54 bits per heavy atom. The first-order valence-corrected chi connectivity index (χ1v) is 9.65. The summed E-state index contributed by atoms with van der Waals surface area (Å²) < 4.78 is 0. The summed E-state index contributed by atoms with van der Waals surface area (Å²) in [5, 5.41) is 0.954. The highest BCUT2D eigenvalue weighted by Crippen LogP contribution is 2.24. The summed E-state index contributed by atoms with van der Waals surface area (Å²) >= 11 is 1.74. The Morgan fingerprint density at radius 2 is 1.88 bits per heavy atom. The molecule has 0 spiro atoms. The number of benzene rings is 2. The molecule has 3 nitrogen and oxygen atoms in total. The van der Waals surface area contributed by atoms with E-state index in [1.165, 1.54) is 11.1 Å². The van der Waals surface area contributed by atoms with E-state index in [2.05, 4.69) is 41.1 Å². The molecule has 5 heteroatoms. The topological polar surface area (TPSA) is 32.7 Å². The number of nitrogens with zero attached hydrogens (tertiary/aromatic N) is 2. The maximum Gasteiger partial charge on any atom is 0.182 e. The van der Waals surface area contributed by atoms with Crippen LogP contribution in [0.25, 0.3) is 0 Å². The molecule has 0 atom stereocenters. The zero-order valence-electron chi connectivity index (χ0n) is 15.5. The Hall–Kier alpha value is -1.59. The minimum Gasteiger partial charge on any atom is -0.313 e. The van der Waals surface area contributed by atoms with E-state index in [0.717, 1.165) is 40.7 Å². The van der Waals surface area contributed by atoms with Crippen LogP contribution in [-0.4, -0.2) is 29.8 Å². The van der Waals surface area contributed by atoms with E-state index in [0.29, 0.717) is 6.54 Å². The van der Waals surface area contributed by atoms with Gasteiger partial charge in [-0.05, 0) is 50.5 Å². The highest BCUT2D eigenvalue weighted by molar-refractivity contribution is 8.93. The van der Waals surface area contributed by atoms with E-state index in [-0.39, 0.29) is 22.8 Å². The lowest BCUT2D eigenvalue weighted by Gasteiger charge is -2.27. The Morgan fingerprint density at radius 1 is 1.12 bits per heavy atom. The maximum absolute atomic E-state index is 13.0. The zero-order chi connectivity index (χ0) is 17.8. The minimum absolute atomic E-state index is 0. The number of aliphatic imine (C=N–C) groups is 1.